The summed E-state index contributed by atoms with van der Waals surface area (Å²) < 4.78 is 41.1. The van der Waals surface area contributed by atoms with Crippen LogP contribution < -0.4 is 10.9 Å². The lowest BCUT2D eigenvalue weighted by molar-refractivity contribution is -0.137. The zero-order chi connectivity index (χ0) is 22.9. The summed E-state index contributed by atoms with van der Waals surface area (Å²) in [5.74, 6) is -0.466. The Kier molecular flexibility index (Phi) is 5.66. The van der Waals surface area contributed by atoms with Crippen LogP contribution in [-0.2, 0) is 24.1 Å². The lowest BCUT2D eigenvalue weighted by Gasteiger charge is -2.09. The van der Waals surface area contributed by atoms with Gasteiger partial charge >= 0.3 is 6.18 Å². The minimum atomic E-state index is -4.47. The smallest absolute Gasteiger partial charge is 0.325 e. The topological polar surface area (TPSA) is 94.7 Å². The second-order valence-electron chi connectivity index (χ2n) is 6.85. The average molecular weight is 463 g/mol. The van der Waals surface area contributed by atoms with Gasteiger partial charge in [0.25, 0.3) is 5.56 Å². The standard InChI is InChI=1S/C20H14ClF3N6O2/c21-14-4-6-15(7-5-14)26-16(31)10-29-11-25-18-17(19(29)32)27-28-30(18)9-12-2-1-3-13(8-12)20(22,23)24/h1-8,11H,9-10H2,(H,26,31). The van der Waals surface area contributed by atoms with Gasteiger partial charge < -0.3 is 5.32 Å². The van der Waals surface area contributed by atoms with E-state index in [9.17, 15) is 22.8 Å². The highest BCUT2D eigenvalue weighted by molar-refractivity contribution is 6.30. The van der Waals surface area contributed by atoms with Gasteiger partial charge in [0.1, 0.15) is 12.9 Å². The molecule has 2 heterocycles. The molecule has 4 aromatic rings. The molecule has 8 nitrogen and oxygen atoms in total. The first-order valence-corrected chi connectivity index (χ1v) is 9.59. The van der Waals surface area contributed by atoms with Crippen molar-refractivity contribution in [3.63, 3.8) is 0 Å². The number of hydrogen-bond acceptors (Lipinski definition) is 5. The fourth-order valence-electron chi connectivity index (χ4n) is 3.01. The van der Waals surface area contributed by atoms with E-state index >= 15 is 0 Å². The number of anilines is 1. The van der Waals surface area contributed by atoms with E-state index in [4.69, 9.17) is 11.6 Å². The summed E-state index contributed by atoms with van der Waals surface area (Å²) in [6.45, 7) is -0.376. The summed E-state index contributed by atoms with van der Waals surface area (Å²) in [6.07, 6.45) is -3.31. The molecule has 0 saturated carbocycles. The predicted molar refractivity (Wildman–Crippen MR) is 110 cm³/mol. The van der Waals surface area contributed by atoms with Gasteiger partial charge in [0, 0.05) is 10.7 Å². The molecule has 0 bridgehead atoms. The highest BCUT2D eigenvalue weighted by atomic mass is 35.5. The van der Waals surface area contributed by atoms with Crippen LogP contribution in [0.1, 0.15) is 11.1 Å². The second kappa shape index (κ2) is 8.42. The Morgan fingerprint density at radius 2 is 1.88 bits per heavy atom. The number of hydrogen-bond donors (Lipinski definition) is 1. The molecule has 0 fully saturated rings. The molecule has 2 aromatic heterocycles. The summed E-state index contributed by atoms with van der Waals surface area (Å²) in [5.41, 5.74) is -0.563. The van der Waals surface area contributed by atoms with Crippen molar-refractivity contribution in [2.45, 2.75) is 19.3 Å². The number of alkyl halides is 3. The minimum Gasteiger partial charge on any atom is -0.325 e. The summed E-state index contributed by atoms with van der Waals surface area (Å²) >= 11 is 5.80. The molecule has 1 amide bonds. The van der Waals surface area contributed by atoms with E-state index in [1.54, 1.807) is 24.3 Å². The molecule has 0 aliphatic rings. The molecule has 0 radical (unpaired) electrons. The first kappa shape index (κ1) is 21.5. The van der Waals surface area contributed by atoms with Gasteiger partial charge in [-0.3, -0.25) is 14.2 Å². The monoisotopic (exact) mass is 462 g/mol. The number of nitrogens with one attached hydrogen (secondary N) is 1. The van der Waals surface area contributed by atoms with E-state index < -0.39 is 23.2 Å². The van der Waals surface area contributed by atoms with Crippen LogP contribution in [0.15, 0.2) is 59.7 Å². The van der Waals surface area contributed by atoms with Crippen LogP contribution in [0.4, 0.5) is 18.9 Å². The quantitative estimate of drug-likeness (QED) is 0.491. The summed E-state index contributed by atoms with van der Waals surface area (Å²) in [4.78, 5) is 29.0. The number of aromatic nitrogens is 5. The zero-order valence-corrected chi connectivity index (χ0v) is 16.9. The SMILES string of the molecule is O=C(Cn1cnc2c(nnn2Cc2cccc(C(F)(F)F)c2)c1=O)Nc1ccc(Cl)cc1. The number of carbonyl (C=O) groups is 1. The van der Waals surface area contributed by atoms with Gasteiger partial charge in [-0.1, -0.05) is 28.9 Å². The van der Waals surface area contributed by atoms with Crippen LogP contribution in [-0.4, -0.2) is 30.5 Å². The molecular formula is C20H14ClF3N6O2. The van der Waals surface area contributed by atoms with Crippen LogP contribution in [0.3, 0.4) is 0 Å². The lowest BCUT2D eigenvalue weighted by Crippen LogP contribution is -2.28. The van der Waals surface area contributed by atoms with Gasteiger partial charge in [0.15, 0.2) is 11.2 Å². The van der Waals surface area contributed by atoms with Gasteiger partial charge in [-0.05, 0) is 42.0 Å². The molecule has 0 spiro atoms. The second-order valence-corrected chi connectivity index (χ2v) is 7.29. The number of nitrogens with zero attached hydrogens (tertiary/aromatic N) is 5. The maximum absolute atomic E-state index is 12.9. The normalized spacial score (nSPS) is 11.6. The molecule has 1 N–H and O–H groups in total. The number of fused-ring (bicyclic) bond motifs is 1. The van der Waals surface area contributed by atoms with Crippen molar-refractivity contribution in [1.82, 2.24) is 24.5 Å². The molecule has 0 unspecified atom stereocenters. The maximum Gasteiger partial charge on any atom is 0.416 e. The Morgan fingerprint density at radius 1 is 1.12 bits per heavy atom. The largest absolute Gasteiger partial charge is 0.416 e. The van der Waals surface area contributed by atoms with Crippen molar-refractivity contribution in [3.05, 3.63) is 81.4 Å². The Bertz CT molecular complexity index is 1350. The molecule has 4 rings (SSSR count). The van der Waals surface area contributed by atoms with Crippen molar-refractivity contribution in [2.24, 2.45) is 0 Å². The number of halogens is 4. The van der Waals surface area contributed by atoms with E-state index in [-0.39, 0.29) is 24.3 Å². The van der Waals surface area contributed by atoms with E-state index in [0.29, 0.717) is 16.3 Å². The summed E-state index contributed by atoms with van der Waals surface area (Å²) in [6, 6.07) is 11.2. The fourth-order valence-corrected chi connectivity index (χ4v) is 3.14. The molecule has 0 aliphatic carbocycles. The molecule has 164 valence electrons. The van der Waals surface area contributed by atoms with E-state index in [0.717, 1.165) is 23.0 Å². The molecule has 12 heteroatoms. The third-order valence-corrected chi connectivity index (χ3v) is 4.77. The minimum absolute atomic E-state index is 0.0616. The maximum atomic E-state index is 12.9. The third kappa shape index (κ3) is 4.62. The molecule has 2 aromatic carbocycles. The molecular weight excluding hydrogens is 449 g/mol. The number of benzene rings is 2. The van der Waals surface area contributed by atoms with Gasteiger partial charge in [0.2, 0.25) is 5.91 Å². The Balaban J connectivity index is 1.54. The van der Waals surface area contributed by atoms with Crippen LogP contribution in [0.25, 0.3) is 11.2 Å². The molecule has 0 saturated heterocycles. The van der Waals surface area contributed by atoms with Crippen molar-refractivity contribution >= 4 is 34.4 Å². The summed E-state index contributed by atoms with van der Waals surface area (Å²) in [5, 5.41) is 10.8. The first-order chi connectivity index (χ1) is 15.2. The van der Waals surface area contributed by atoms with Crippen molar-refractivity contribution in [3.8, 4) is 0 Å². The van der Waals surface area contributed by atoms with E-state index in [1.165, 1.54) is 16.8 Å². The van der Waals surface area contributed by atoms with Gasteiger partial charge in [-0.2, -0.15) is 13.2 Å². The van der Waals surface area contributed by atoms with E-state index in [2.05, 4.69) is 20.6 Å². The van der Waals surface area contributed by atoms with Crippen LogP contribution in [0, 0.1) is 0 Å². The highest BCUT2D eigenvalue weighted by Crippen LogP contribution is 2.29. The molecule has 0 atom stereocenters. The van der Waals surface area contributed by atoms with Crippen molar-refractivity contribution < 1.29 is 18.0 Å². The summed E-state index contributed by atoms with van der Waals surface area (Å²) in [7, 11) is 0. The van der Waals surface area contributed by atoms with Crippen LogP contribution >= 0.6 is 11.6 Å². The van der Waals surface area contributed by atoms with Gasteiger partial charge in [-0.15, -0.1) is 5.10 Å². The van der Waals surface area contributed by atoms with Gasteiger partial charge in [0.05, 0.1) is 12.1 Å². The lowest BCUT2D eigenvalue weighted by atomic mass is 10.1. The molecule has 32 heavy (non-hydrogen) atoms. The van der Waals surface area contributed by atoms with Crippen LogP contribution in [0.2, 0.25) is 5.02 Å². The Labute approximate surface area is 183 Å². The number of carbonyl (C=O) groups excluding carboxylic acids is 1. The van der Waals surface area contributed by atoms with Crippen molar-refractivity contribution in [1.29, 1.82) is 0 Å². The van der Waals surface area contributed by atoms with Crippen LogP contribution in [0.5, 0.6) is 0 Å². The fraction of sp³-hybridized carbons (Fsp3) is 0.150. The first-order valence-electron chi connectivity index (χ1n) is 9.21. The van der Waals surface area contributed by atoms with E-state index in [1.807, 2.05) is 0 Å². The number of rotatable bonds is 5. The molecule has 0 aliphatic heterocycles. The number of amides is 1. The predicted octanol–water partition coefficient (Wildman–Crippen LogP) is 3.35. The third-order valence-electron chi connectivity index (χ3n) is 4.52. The van der Waals surface area contributed by atoms with Crippen molar-refractivity contribution in [2.75, 3.05) is 5.32 Å². The average Bonchev–Trinajstić information content (AvgIpc) is 3.15. The van der Waals surface area contributed by atoms with Gasteiger partial charge in [-0.25, -0.2) is 9.67 Å². The Hall–Kier alpha value is -3.73. The highest BCUT2D eigenvalue weighted by Gasteiger charge is 2.30. The Morgan fingerprint density at radius 3 is 2.59 bits per heavy atom. The zero-order valence-electron chi connectivity index (χ0n) is 16.2.